The Morgan fingerprint density at radius 3 is 2.20 bits per heavy atom. The lowest BCUT2D eigenvalue weighted by atomic mass is 9.92. The van der Waals surface area contributed by atoms with Gasteiger partial charge in [-0.2, -0.15) is 0 Å². The number of carboxylic acid groups (broad SMARTS) is 2. The Kier molecular flexibility index (Phi) is 8.31. The molecule has 234 valence electrons. The number of allylic oxidation sites excluding steroid dienone is 2. The smallest absolute Gasteiger partial charge is 0.303 e. The molecule has 0 aromatic carbocycles. The van der Waals surface area contributed by atoms with Gasteiger partial charge in [-0.1, -0.05) is 13.8 Å². The molecule has 4 heterocycles. The molecule has 6 rings (SSSR count). The number of carbonyl (C=O) groups is 4. The second-order valence-electron chi connectivity index (χ2n) is 12.0. The first kappa shape index (κ1) is 30.3. The standard InChI is InChI=1S/C35H38N4O6/c1-3-18-20-7-5-9-22-24(11-13-32(40)41)28(36-26(22)16-30(20)38-34(18)44)15-29-25(12-14-33(42)43)23-10-6-8-21-19(4-2)35(45)39-31(21)17-27(23)37-29/h15-17,36-37H,3-14H2,1-2H3,(H,38,44)(H,40,41)(H,42,43)/b27-17?,29-15?,30-16+. The molecule has 5 N–H and O–H groups in total. The number of amides is 2. The third kappa shape index (κ3) is 5.77. The van der Waals surface area contributed by atoms with Gasteiger partial charge in [0.25, 0.3) is 11.8 Å². The molecule has 0 unspecified atom stereocenters. The first-order valence-electron chi connectivity index (χ1n) is 15.9. The Morgan fingerprint density at radius 1 is 0.844 bits per heavy atom. The molecule has 0 atom stereocenters. The molecule has 4 aliphatic rings. The van der Waals surface area contributed by atoms with Crippen molar-refractivity contribution in [3.05, 3.63) is 72.3 Å². The predicted octanol–water partition coefficient (Wildman–Crippen LogP) is 3.52. The zero-order chi connectivity index (χ0) is 31.8. The molecule has 10 nitrogen and oxygen atoms in total. The quantitative estimate of drug-likeness (QED) is 0.292. The van der Waals surface area contributed by atoms with Crippen LogP contribution < -0.4 is 16.0 Å². The van der Waals surface area contributed by atoms with Gasteiger partial charge in [0.15, 0.2) is 0 Å². The van der Waals surface area contributed by atoms with Crippen LogP contribution in [-0.4, -0.2) is 49.6 Å². The third-order valence-corrected chi connectivity index (χ3v) is 9.38. The topological polar surface area (TPSA) is 165 Å². The lowest BCUT2D eigenvalue weighted by molar-refractivity contribution is -0.138. The minimum absolute atomic E-state index is 0.0345. The third-order valence-electron chi connectivity index (χ3n) is 9.38. The monoisotopic (exact) mass is 610 g/mol. The van der Waals surface area contributed by atoms with Gasteiger partial charge in [-0.25, -0.2) is 4.99 Å². The maximum absolute atomic E-state index is 12.6. The van der Waals surface area contributed by atoms with Gasteiger partial charge < -0.3 is 25.5 Å². The molecule has 0 spiro atoms. The van der Waals surface area contributed by atoms with E-state index in [0.29, 0.717) is 31.4 Å². The molecule has 0 saturated heterocycles. The van der Waals surface area contributed by atoms with Crippen LogP contribution >= 0.6 is 0 Å². The molecular formula is C35H38N4O6. The molecule has 45 heavy (non-hydrogen) atoms. The van der Waals surface area contributed by atoms with Gasteiger partial charge in [0, 0.05) is 51.8 Å². The van der Waals surface area contributed by atoms with Crippen LogP contribution in [0, 0.1) is 0 Å². The number of H-pyrrole nitrogens is 2. The number of rotatable bonds is 9. The lowest BCUT2D eigenvalue weighted by Crippen LogP contribution is -2.17. The Labute approximate surface area is 260 Å². The van der Waals surface area contributed by atoms with Crippen LogP contribution in [0.25, 0.3) is 18.2 Å². The molecule has 2 aromatic heterocycles. The summed E-state index contributed by atoms with van der Waals surface area (Å²) in [7, 11) is 0. The number of nitrogens with zero attached hydrogens (tertiary/aromatic N) is 1. The summed E-state index contributed by atoms with van der Waals surface area (Å²) in [6.07, 6.45) is 12.3. The van der Waals surface area contributed by atoms with Crippen LogP contribution in [0.2, 0.25) is 0 Å². The Morgan fingerprint density at radius 2 is 1.51 bits per heavy atom. The van der Waals surface area contributed by atoms with Crippen LogP contribution in [0.4, 0.5) is 0 Å². The number of nitrogens with one attached hydrogen (secondary N) is 3. The maximum atomic E-state index is 12.6. The second-order valence-corrected chi connectivity index (χ2v) is 12.0. The van der Waals surface area contributed by atoms with E-state index in [1.54, 1.807) is 0 Å². The maximum Gasteiger partial charge on any atom is 0.303 e. The minimum atomic E-state index is -0.889. The van der Waals surface area contributed by atoms with Gasteiger partial charge in [-0.3, -0.25) is 19.2 Å². The van der Waals surface area contributed by atoms with Crippen molar-refractivity contribution in [3.63, 3.8) is 0 Å². The molecule has 2 aliphatic carbocycles. The van der Waals surface area contributed by atoms with Crippen molar-refractivity contribution in [3.8, 4) is 0 Å². The number of aliphatic imine (C=N–C) groups is 1. The van der Waals surface area contributed by atoms with Crippen molar-refractivity contribution in [2.75, 3.05) is 0 Å². The zero-order valence-corrected chi connectivity index (χ0v) is 25.7. The van der Waals surface area contributed by atoms with E-state index in [2.05, 4.69) is 20.3 Å². The van der Waals surface area contributed by atoms with Gasteiger partial charge in [0.1, 0.15) is 0 Å². The highest BCUT2D eigenvalue weighted by Crippen LogP contribution is 2.35. The van der Waals surface area contributed by atoms with E-state index in [4.69, 9.17) is 0 Å². The molecule has 10 heteroatoms. The predicted molar refractivity (Wildman–Crippen MR) is 170 cm³/mol. The molecular weight excluding hydrogens is 572 g/mol. The average molecular weight is 611 g/mol. The van der Waals surface area contributed by atoms with E-state index in [9.17, 15) is 29.4 Å². The van der Waals surface area contributed by atoms with E-state index < -0.39 is 11.9 Å². The fraction of sp³-hybridized carbons (Fsp3) is 0.400. The van der Waals surface area contributed by atoms with E-state index in [1.165, 1.54) is 0 Å². The number of aliphatic carboxylic acids is 2. The van der Waals surface area contributed by atoms with Crippen molar-refractivity contribution < 1.29 is 29.4 Å². The SMILES string of the molecule is CCC1=C2CCCc3c(CCC(=O)O)c(=Cc4[nH]c5c(c4CCC(=O)O)CCCC4=C(CC)C(=O)N/C4=C/5)[nH]c3=CC2=NC1=O. The first-order chi connectivity index (χ1) is 21.7. The molecule has 2 aliphatic heterocycles. The first-order valence-corrected chi connectivity index (χ1v) is 15.9. The number of carboxylic acids is 2. The largest absolute Gasteiger partial charge is 0.481 e. The Bertz CT molecular complexity index is 1890. The van der Waals surface area contributed by atoms with Gasteiger partial charge in [-0.05, 0) is 116 Å². The summed E-state index contributed by atoms with van der Waals surface area (Å²) in [4.78, 5) is 60.0. The van der Waals surface area contributed by atoms with E-state index in [0.717, 1.165) is 111 Å². The normalized spacial score (nSPS) is 19.3. The number of hydrogen-bond donors (Lipinski definition) is 5. The minimum Gasteiger partial charge on any atom is -0.481 e. The van der Waals surface area contributed by atoms with Crippen molar-refractivity contribution in [2.24, 2.45) is 4.99 Å². The van der Waals surface area contributed by atoms with Gasteiger partial charge in [0.05, 0.1) is 5.71 Å². The summed E-state index contributed by atoms with van der Waals surface area (Å²) in [5.74, 6) is -2.02. The molecule has 0 fully saturated rings. The summed E-state index contributed by atoms with van der Waals surface area (Å²) in [5.41, 5.74) is 10.6. The molecule has 2 aromatic rings. The van der Waals surface area contributed by atoms with Gasteiger partial charge >= 0.3 is 11.9 Å². The number of aromatic nitrogens is 2. The summed E-state index contributed by atoms with van der Waals surface area (Å²) in [6, 6.07) is 0. The van der Waals surface area contributed by atoms with Gasteiger partial charge in [0.2, 0.25) is 0 Å². The number of aromatic amines is 2. The average Bonchev–Trinajstić information content (AvgIpc) is 3.65. The van der Waals surface area contributed by atoms with Crippen molar-refractivity contribution in [1.82, 2.24) is 15.3 Å². The van der Waals surface area contributed by atoms with Crippen LogP contribution in [0.3, 0.4) is 0 Å². The summed E-state index contributed by atoms with van der Waals surface area (Å²) >= 11 is 0. The highest BCUT2D eigenvalue weighted by Gasteiger charge is 2.29. The van der Waals surface area contributed by atoms with E-state index in [-0.39, 0.29) is 24.7 Å². The number of fused-ring (bicyclic) bond motifs is 4. The van der Waals surface area contributed by atoms with Crippen LogP contribution in [0.15, 0.2) is 33.0 Å². The molecule has 2 amide bonds. The zero-order valence-electron chi connectivity index (χ0n) is 25.7. The Balaban J connectivity index is 1.54. The van der Waals surface area contributed by atoms with Crippen LogP contribution in [-0.2, 0) is 44.9 Å². The van der Waals surface area contributed by atoms with E-state index in [1.807, 2.05) is 32.1 Å². The fourth-order valence-electron chi connectivity index (χ4n) is 7.30. The van der Waals surface area contributed by atoms with E-state index >= 15 is 0 Å². The second kappa shape index (κ2) is 12.3. The summed E-state index contributed by atoms with van der Waals surface area (Å²) in [6.45, 7) is 3.95. The highest BCUT2D eigenvalue weighted by atomic mass is 16.4. The van der Waals surface area contributed by atoms with Crippen LogP contribution in [0.5, 0.6) is 0 Å². The lowest BCUT2D eigenvalue weighted by Gasteiger charge is -2.12. The molecule has 0 radical (unpaired) electrons. The Hall–Kier alpha value is -4.73. The van der Waals surface area contributed by atoms with Crippen molar-refractivity contribution in [1.29, 1.82) is 0 Å². The summed E-state index contributed by atoms with van der Waals surface area (Å²) < 4.78 is 0. The number of hydrogen-bond acceptors (Lipinski definition) is 4. The fourth-order valence-corrected chi connectivity index (χ4v) is 7.30. The van der Waals surface area contributed by atoms with Crippen molar-refractivity contribution in [2.45, 2.75) is 90.9 Å². The van der Waals surface area contributed by atoms with Gasteiger partial charge in [-0.15, -0.1) is 0 Å². The summed E-state index contributed by atoms with van der Waals surface area (Å²) in [5, 5.41) is 23.7. The van der Waals surface area contributed by atoms with Crippen LogP contribution in [0.1, 0.15) is 98.9 Å². The van der Waals surface area contributed by atoms with Crippen molar-refractivity contribution >= 4 is 47.7 Å². The number of carbonyl (C=O) groups excluding carboxylic acids is 2. The molecule has 0 bridgehead atoms. The molecule has 0 saturated carbocycles. The highest BCUT2D eigenvalue weighted by molar-refractivity contribution is 6.31.